The number of hydrogen-bond acceptors (Lipinski definition) is 5. The van der Waals surface area contributed by atoms with Crippen molar-refractivity contribution in [1.82, 2.24) is 10.3 Å². The molecule has 124 valence electrons. The van der Waals surface area contributed by atoms with Crippen LogP contribution >= 0.6 is 15.9 Å². The molecule has 0 unspecified atom stereocenters. The normalized spacial score (nSPS) is 13.6. The summed E-state index contributed by atoms with van der Waals surface area (Å²) in [5.74, 6) is -1.12. The van der Waals surface area contributed by atoms with Gasteiger partial charge >= 0.3 is 12.1 Å². The number of aromatic nitrogens is 1. The van der Waals surface area contributed by atoms with Crippen LogP contribution in [-0.2, 0) is 4.74 Å². The first kappa shape index (κ1) is 18.5. The van der Waals surface area contributed by atoms with Crippen molar-refractivity contribution in [3.63, 3.8) is 0 Å². The highest BCUT2D eigenvalue weighted by molar-refractivity contribution is 9.10. The standard InChI is InChI=1S/C14H21BrN2O5/c1-13(2,3)8(17-12(20)22-14(4,5)6)10-16-7(11(18)19)9(15)21-10/h8H,1-6H3,(H,17,20)(H,18,19)/t8-/m1/s1. The lowest BCUT2D eigenvalue weighted by molar-refractivity contribution is 0.0446. The third-order valence-electron chi connectivity index (χ3n) is 2.58. The van der Waals surface area contributed by atoms with Crippen molar-refractivity contribution in [2.45, 2.75) is 53.2 Å². The number of hydrogen-bond donors (Lipinski definition) is 2. The van der Waals surface area contributed by atoms with Crippen molar-refractivity contribution in [2.75, 3.05) is 0 Å². The number of aromatic carboxylic acids is 1. The maximum atomic E-state index is 12.0. The number of rotatable bonds is 3. The number of amides is 1. The summed E-state index contributed by atoms with van der Waals surface area (Å²) in [4.78, 5) is 27.0. The molecule has 7 nitrogen and oxygen atoms in total. The predicted molar refractivity (Wildman–Crippen MR) is 82.7 cm³/mol. The minimum Gasteiger partial charge on any atom is -0.476 e. The number of carbonyl (C=O) groups is 2. The first-order chi connectivity index (χ1) is 9.81. The number of nitrogens with one attached hydrogen (secondary N) is 1. The number of halogens is 1. The summed E-state index contributed by atoms with van der Waals surface area (Å²) in [6.45, 7) is 10.9. The summed E-state index contributed by atoms with van der Waals surface area (Å²) >= 11 is 3.01. The van der Waals surface area contributed by atoms with E-state index in [-0.39, 0.29) is 16.3 Å². The third-order valence-corrected chi connectivity index (χ3v) is 3.12. The Morgan fingerprint density at radius 2 is 1.82 bits per heavy atom. The SMILES string of the molecule is CC(C)(C)OC(=O)N[C@H](c1nc(C(=O)O)c(Br)o1)C(C)(C)C. The van der Waals surface area contributed by atoms with Crippen LogP contribution in [-0.4, -0.2) is 27.8 Å². The fourth-order valence-corrected chi connectivity index (χ4v) is 2.07. The van der Waals surface area contributed by atoms with Crippen molar-refractivity contribution in [3.8, 4) is 0 Å². The highest BCUT2D eigenvalue weighted by Crippen LogP contribution is 2.34. The van der Waals surface area contributed by atoms with Gasteiger partial charge in [0.15, 0.2) is 0 Å². The van der Waals surface area contributed by atoms with Crippen molar-refractivity contribution in [1.29, 1.82) is 0 Å². The van der Waals surface area contributed by atoms with E-state index in [1.807, 2.05) is 20.8 Å². The molecule has 2 N–H and O–H groups in total. The maximum Gasteiger partial charge on any atom is 0.408 e. The highest BCUT2D eigenvalue weighted by Gasteiger charge is 2.35. The van der Waals surface area contributed by atoms with Crippen LogP contribution in [0.2, 0.25) is 0 Å². The van der Waals surface area contributed by atoms with Gasteiger partial charge in [0.25, 0.3) is 0 Å². The number of alkyl carbamates (subject to hydrolysis) is 1. The van der Waals surface area contributed by atoms with E-state index in [1.165, 1.54) is 0 Å². The van der Waals surface area contributed by atoms with Gasteiger partial charge in [0.05, 0.1) is 0 Å². The van der Waals surface area contributed by atoms with E-state index in [1.54, 1.807) is 20.8 Å². The van der Waals surface area contributed by atoms with Crippen LogP contribution in [0.15, 0.2) is 9.09 Å². The summed E-state index contributed by atoms with van der Waals surface area (Å²) in [6.07, 6.45) is -0.626. The van der Waals surface area contributed by atoms with Crippen LogP contribution in [0.1, 0.15) is 64.0 Å². The molecule has 1 rings (SSSR count). The quantitative estimate of drug-likeness (QED) is 0.832. The third kappa shape index (κ3) is 5.01. The Hall–Kier alpha value is -1.57. The smallest absolute Gasteiger partial charge is 0.408 e. The van der Waals surface area contributed by atoms with E-state index in [0.717, 1.165) is 0 Å². The molecular formula is C14H21BrN2O5. The lowest BCUT2D eigenvalue weighted by Gasteiger charge is -2.30. The summed E-state index contributed by atoms with van der Waals surface area (Å²) in [5, 5.41) is 11.7. The van der Waals surface area contributed by atoms with Crippen molar-refractivity contribution >= 4 is 28.0 Å². The van der Waals surface area contributed by atoms with E-state index in [9.17, 15) is 9.59 Å². The number of nitrogens with zero attached hydrogens (tertiary/aromatic N) is 1. The summed E-state index contributed by atoms with van der Waals surface area (Å²) < 4.78 is 10.6. The average Bonchev–Trinajstić information content (AvgIpc) is 2.64. The fourth-order valence-electron chi connectivity index (χ4n) is 1.65. The lowest BCUT2D eigenvalue weighted by Crippen LogP contribution is -2.40. The molecule has 0 aliphatic carbocycles. The Labute approximate surface area is 137 Å². The van der Waals surface area contributed by atoms with Gasteiger partial charge in [-0.05, 0) is 42.1 Å². The molecule has 0 radical (unpaired) electrons. The van der Waals surface area contributed by atoms with Gasteiger partial charge in [0.1, 0.15) is 11.6 Å². The van der Waals surface area contributed by atoms with Crippen LogP contribution in [0.4, 0.5) is 4.79 Å². The summed E-state index contributed by atoms with van der Waals surface area (Å²) in [7, 11) is 0. The maximum absolute atomic E-state index is 12.0. The van der Waals surface area contributed by atoms with Gasteiger partial charge < -0.3 is 19.6 Å². The largest absolute Gasteiger partial charge is 0.476 e. The first-order valence-electron chi connectivity index (χ1n) is 6.70. The van der Waals surface area contributed by atoms with E-state index in [4.69, 9.17) is 14.3 Å². The van der Waals surface area contributed by atoms with E-state index in [0.29, 0.717) is 0 Å². The molecule has 1 aromatic rings. The minimum atomic E-state index is -1.22. The van der Waals surface area contributed by atoms with Gasteiger partial charge in [-0.1, -0.05) is 20.8 Å². The zero-order valence-electron chi connectivity index (χ0n) is 13.5. The van der Waals surface area contributed by atoms with E-state index < -0.39 is 29.1 Å². The molecule has 8 heteroatoms. The highest BCUT2D eigenvalue weighted by atomic mass is 79.9. The van der Waals surface area contributed by atoms with Gasteiger partial charge in [-0.15, -0.1) is 0 Å². The number of ether oxygens (including phenoxy) is 1. The van der Waals surface area contributed by atoms with Crippen LogP contribution in [0.3, 0.4) is 0 Å². The van der Waals surface area contributed by atoms with Gasteiger partial charge in [-0.25, -0.2) is 14.6 Å². The monoisotopic (exact) mass is 376 g/mol. The predicted octanol–water partition coefficient (Wildman–Crippen LogP) is 3.75. The van der Waals surface area contributed by atoms with E-state index in [2.05, 4.69) is 26.2 Å². The zero-order valence-corrected chi connectivity index (χ0v) is 15.1. The molecule has 0 spiro atoms. The van der Waals surface area contributed by atoms with E-state index >= 15 is 0 Å². The molecule has 0 aromatic carbocycles. The Kier molecular flexibility index (Phi) is 5.27. The Bertz CT molecular complexity index is 569. The number of carboxylic acid groups (broad SMARTS) is 1. The molecule has 0 aliphatic heterocycles. The Morgan fingerprint density at radius 3 is 2.18 bits per heavy atom. The second kappa shape index (κ2) is 6.28. The fraction of sp³-hybridized carbons (Fsp3) is 0.643. The summed E-state index contributed by atoms with van der Waals surface area (Å²) in [5.41, 5.74) is -1.34. The number of carboxylic acids is 1. The summed E-state index contributed by atoms with van der Waals surface area (Å²) in [6, 6.07) is -0.647. The number of oxazole rings is 1. The van der Waals surface area contributed by atoms with Gasteiger partial charge in [0, 0.05) is 0 Å². The van der Waals surface area contributed by atoms with Crippen LogP contribution in [0.25, 0.3) is 0 Å². The van der Waals surface area contributed by atoms with Gasteiger partial charge in [-0.2, -0.15) is 0 Å². The molecule has 0 saturated heterocycles. The second-order valence-corrected chi connectivity index (χ2v) is 7.65. The minimum absolute atomic E-state index is 0.00948. The zero-order chi connectivity index (χ0) is 17.3. The molecule has 0 saturated carbocycles. The Balaban J connectivity index is 3.07. The van der Waals surface area contributed by atoms with Gasteiger partial charge in [-0.3, -0.25) is 0 Å². The molecule has 0 aliphatic rings. The Morgan fingerprint density at radius 1 is 1.27 bits per heavy atom. The van der Waals surface area contributed by atoms with Gasteiger partial charge in [0.2, 0.25) is 16.3 Å². The molecular weight excluding hydrogens is 356 g/mol. The molecule has 1 atom stereocenters. The first-order valence-corrected chi connectivity index (χ1v) is 7.49. The molecule has 1 amide bonds. The van der Waals surface area contributed by atoms with Crippen LogP contribution < -0.4 is 5.32 Å². The molecule has 0 bridgehead atoms. The average molecular weight is 377 g/mol. The molecule has 1 aromatic heterocycles. The van der Waals surface area contributed by atoms with Crippen LogP contribution in [0, 0.1) is 5.41 Å². The van der Waals surface area contributed by atoms with Crippen LogP contribution in [0.5, 0.6) is 0 Å². The van der Waals surface area contributed by atoms with Crippen molar-refractivity contribution < 1.29 is 23.8 Å². The topological polar surface area (TPSA) is 102 Å². The van der Waals surface area contributed by atoms with Crippen molar-refractivity contribution in [3.05, 3.63) is 16.3 Å². The molecule has 0 fully saturated rings. The van der Waals surface area contributed by atoms with Crippen molar-refractivity contribution in [2.24, 2.45) is 5.41 Å². The molecule has 22 heavy (non-hydrogen) atoms. The molecule has 1 heterocycles. The number of carbonyl (C=O) groups excluding carboxylic acids is 1. The second-order valence-electron chi connectivity index (χ2n) is 6.92. The lowest BCUT2D eigenvalue weighted by atomic mass is 9.86.